The van der Waals surface area contributed by atoms with Gasteiger partial charge in [-0.3, -0.25) is 39.1 Å². The van der Waals surface area contributed by atoms with E-state index in [-0.39, 0.29) is 41.7 Å². The van der Waals surface area contributed by atoms with Crippen molar-refractivity contribution in [1.82, 2.24) is 25.4 Å². The second-order valence-corrected chi connectivity index (χ2v) is 17.3. The van der Waals surface area contributed by atoms with Crippen molar-refractivity contribution in [2.45, 2.75) is 78.0 Å². The van der Waals surface area contributed by atoms with Crippen molar-refractivity contribution in [3.05, 3.63) is 87.6 Å². The molecule has 14 nitrogen and oxygen atoms in total. The molecular weight excluding hydrogens is 774 g/mol. The summed E-state index contributed by atoms with van der Waals surface area (Å²) in [5.74, 6) is -0.757. The summed E-state index contributed by atoms with van der Waals surface area (Å²) in [6, 6.07) is 14.9. The number of hydrogen-bond acceptors (Lipinski definition) is 11. The Bertz CT molecular complexity index is 2160. The maximum Gasteiger partial charge on any atom is 0.262 e. The number of imide groups is 2. The van der Waals surface area contributed by atoms with E-state index in [9.17, 15) is 29.2 Å². The highest BCUT2D eigenvalue weighted by Gasteiger charge is 2.64. The van der Waals surface area contributed by atoms with Crippen molar-refractivity contribution in [1.29, 1.82) is 5.26 Å². The molecule has 2 N–H and O–H groups in total. The van der Waals surface area contributed by atoms with Gasteiger partial charge in [0.1, 0.15) is 29.8 Å². The molecule has 1 aromatic heterocycles. The number of unbranched alkanes of at least 4 members (excludes halogenated alkanes) is 1. The summed E-state index contributed by atoms with van der Waals surface area (Å²) in [5, 5.41) is 15.0. The number of aromatic nitrogens is 1. The predicted molar refractivity (Wildman–Crippen MR) is 219 cm³/mol. The molecule has 4 aliphatic rings. The Balaban J connectivity index is 0.803. The van der Waals surface area contributed by atoms with Gasteiger partial charge in [-0.2, -0.15) is 5.26 Å². The average Bonchev–Trinajstić information content (AvgIpc) is 3.47. The lowest BCUT2D eigenvalue weighted by Crippen LogP contribution is -2.74. The average molecular weight is 824 g/mol. The topological polar surface area (TPSA) is 174 Å². The van der Waals surface area contributed by atoms with Gasteiger partial charge in [0.25, 0.3) is 17.7 Å². The minimum atomic E-state index is -0.979. The number of piperidine rings is 1. The number of nitrogens with one attached hydrogen (secondary N) is 2. The second kappa shape index (κ2) is 17.1. The molecule has 0 radical (unpaired) electrons. The highest BCUT2D eigenvalue weighted by molar-refractivity contribution is 6.31. The molecule has 2 saturated heterocycles. The zero-order valence-corrected chi connectivity index (χ0v) is 34.6. The highest BCUT2D eigenvalue weighted by atomic mass is 35.5. The van der Waals surface area contributed by atoms with E-state index in [0.717, 1.165) is 61.8 Å². The van der Waals surface area contributed by atoms with E-state index in [2.05, 4.69) is 59.2 Å². The number of carbonyl (C=O) groups excluding carboxylic acids is 5. The molecule has 3 fully saturated rings. The van der Waals surface area contributed by atoms with Crippen LogP contribution in [0.1, 0.15) is 95.6 Å². The summed E-state index contributed by atoms with van der Waals surface area (Å²) in [7, 11) is 0. The molecule has 1 atom stereocenters. The van der Waals surface area contributed by atoms with Gasteiger partial charge in [-0.15, -0.1) is 0 Å². The lowest BCUT2D eigenvalue weighted by atomic mass is 9.49. The quantitative estimate of drug-likeness (QED) is 0.169. The number of fused-ring (bicyclic) bond motifs is 1. The number of amides is 5. The van der Waals surface area contributed by atoms with Crippen molar-refractivity contribution in [2.75, 3.05) is 50.8 Å². The third kappa shape index (κ3) is 8.42. The number of rotatable bonds is 14. The van der Waals surface area contributed by atoms with Crippen LogP contribution < -0.4 is 20.3 Å². The van der Waals surface area contributed by atoms with Gasteiger partial charge in [-0.1, -0.05) is 51.4 Å². The number of benzene rings is 2. The van der Waals surface area contributed by atoms with Crippen LogP contribution in [0.15, 0.2) is 54.7 Å². The molecule has 4 heterocycles. The molecule has 0 spiro atoms. The number of aryl methyl sites for hydroxylation is 1. The third-order valence-corrected chi connectivity index (χ3v) is 12.5. The Hall–Kier alpha value is -5.36. The number of nitrogens with zero attached hydrogens (tertiary/aromatic N) is 5. The summed E-state index contributed by atoms with van der Waals surface area (Å²) in [4.78, 5) is 74.1. The van der Waals surface area contributed by atoms with Gasteiger partial charge in [-0.05, 0) is 61.6 Å². The minimum Gasteiger partial charge on any atom is -0.489 e. The molecule has 0 bridgehead atoms. The monoisotopic (exact) mass is 823 g/mol. The number of anilines is 1. The standard InChI is InChI=1S/C44H50ClN7O7/c1-43(2)41(44(3,4)42(43)59-30-13-11-28(25-46)32(45)24-30)49-37(54)29-12-15-34(47-26-29)51-19-17-50(18-20-51)21-23-58-22-6-5-8-27-9-7-10-31-36(27)40(57)52(39(31)56)33-14-16-35(53)48-38(33)55/h7,9-13,15,24,26,33,41-42H,5-6,8,14,16-23H2,1-4H3,(H,49,54)(H,48,53,55)/t33?,41-,42-. The molecule has 1 unspecified atom stereocenters. The SMILES string of the molecule is CC1(C)[C@H](NC(=O)c2ccc(N3CCN(CCOCCCCc4cccc5c4C(=O)N(C4CCC(=O)NC4=O)C5=O)CC3)nc2)C(C)(C)[C@H]1Oc1ccc(C#N)c(Cl)c1. The van der Waals surface area contributed by atoms with Crippen molar-refractivity contribution in [3.63, 3.8) is 0 Å². The predicted octanol–water partition coefficient (Wildman–Crippen LogP) is 4.78. The van der Waals surface area contributed by atoms with E-state index < -0.39 is 29.7 Å². The fourth-order valence-electron chi connectivity index (χ4n) is 9.33. The van der Waals surface area contributed by atoms with E-state index in [1.807, 2.05) is 18.2 Å². The normalized spacial score (nSPS) is 22.3. The highest BCUT2D eigenvalue weighted by Crippen LogP contribution is 2.55. The summed E-state index contributed by atoms with van der Waals surface area (Å²) >= 11 is 6.24. The van der Waals surface area contributed by atoms with Crippen LogP contribution in [0.25, 0.3) is 0 Å². The summed E-state index contributed by atoms with van der Waals surface area (Å²) in [6.07, 6.45) is 3.80. The van der Waals surface area contributed by atoms with Crippen molar-refractivity contribution >= 4 is 47.0 Å². The van der Waals surface area contributed by atoms with Gasteiger partial charge in [0.15, 0.2) is 0 Å². The molecule has 59 heavy (non-hydrogen) atoms. The Morgan fingerprint density at radius 1 is 0.983 bits per heavy atom. The Morgan fingerprint density at radius 3 is 2.42 bits per heavy atom. The number of nitriles is 1. The first-order valence-corrected chi connectivity index (χ1v) is 20.6. The molecule has 310 valence electrons. The number of pyridine rings is 1. The van der Waals surface area contributed by atoms with Gasteiger partial charge < -0.3 is 19.7 Å². The van der Waals surface area contributed by atoms with E-state index >= 15 is 0 Å². The molecule has 7 rings (SSSR count). The number of halogens is 1. The van der Waals surface area contributed by atoms with E-state index in [4.69, 9.17) is 21.1 Å². The smallest absolute Gasteiger partial charge is 0.262 e. The van der Waals surface area contributed by atoms with Crippen molar-refractivity contribution in [2.24, 2.45) is 10.8 Å². The fraction of sp³-hybridized carbons (Fsp3) is 0.477. The first kappa shape index (κ1) is 41.8. The zero-order valence-electron chi connectivity index (χ0n) is 33.9. The van der Waals surface area contributed by atoms with Gasteiger partial charge in [0.05, 0.1) is 33.9 Å². The molecule has 3 aromatic rings. The van der Waals surface area contributed by atoms with Gasteiger partial charge in [0, 0.05) is 74.9 Å². The van der Waals surface area contributed by atoms with Crippen LogP contribution in [0.3, 0.4) is 0 Å². The molecule has 5 amide bonds. The van der Waals surface area contributed by atoms with Crippen LogP contribution >= 0.6 is 11.6 Å². The summed E-state index contributed by atoms with van der Waals surface area (Å²) in [5.41, 5.74) is 1.56. The summed E-state index contributed by atoms with van der Waals surface area (Å²) in [6.45, 7) is 13.6. The lowest BCUT2D eigenvalue weighted by molar-refractivity contribution is -0.164. The fourth-order valence-corrected chi connectivity index (χ4v) is 9.54. The first-order chi connectivity index (χ1) is 28.2. The van der Waals surface area contributed by atoms with Gasteiger partial charge >= 0.3 is 0 Å². The Kier molecular flexibility index (Phi) is 12.1. The van der Waals surface area contributed by atoms with Crippen LogP contribution in [-0.2, 0) is 20.7 Å². The van der Waals surface area contributed by atoms with E-state index in [1.54, 1.807) is 36.5 Å². The van der Waals surface area contributed by atoms with Crippen molar-refractivity contribution < 1.29 is 33.4 Å². The number of piperazine rings is 1. The molecule has 1 saturated carbocycles. The van der Waals surface area contributed by atoms with Gasteiger partial charge in [-0.25, -0.2) is 4.98 Å². The van der Waals surface area contributed by atoms with E-state index in [0.29, 0.717) is 52.7 Å². The Labute approximate surface area is 349 Å². The van der Waals surface area contributed by atoms with Gasteiger partial charge in [0.2, 0.25) is 11.8 Å². The van der Waals surface area contributed by atoms with Crippen LogP contribution in [0, 0.1) is 22.2 Å². The van der Waals surface area contributed by atoms with Crippen LogP contribution in [0.2, 0.25) is 5.02 Å². The van der Waals surface area contributed by atoms with Crippen LogP contribution in [-0.4, -0.2) is 108 Å². The maximum atomic E-state index is 13.4. The molecule has 3 aliphatic heterocycles. The van der Waals surface area contributed by atoms with Crippen molar-refractivity contribution in [3.8, 4) is 11.8 Å². The number of carbonyl (C=O) groups is 5. The third-order valence-electron chi connectivity index (χ3n) is 12.2. The summed E-state index contributed by atoms with van der Waals surface area (Å²) < 4.78 is 12.3. The first-order valence-electron chi connectivity index (χ1n) is 20.2. The number of ether oxygens (including phenoxy) is 2. The minimum absolute atomic E-state index is 0.0847. The Morgan fingerprint density at radius 2 is 1.75 bits per heavy atom. The van der Waals surface area contributed by atoms with Crippen LogP contribution in [0.4, 0.5) is 5.82 Å². The molecule has 2 aromatic carbocycles. The molecule has 15 heteroatoms. The zero-order chi connectivity index (χ0) is 42.1. The maximum absolute atomic E-state index is 13.4. The molecular formula is C44H50ClN7O7. The molecule has 1 aliphatic carbocycles. The second-order valence-electron chi connectivity index (χ2n) is 16.9. The van der Waals surface area contributed by atoms with E-state index in [1.165, 1.54) is 0 Å². The lowest BCUT2D eigenvalue weighted by Gasteiger charge is -2.63. The number of hydrogen-bond donors (Lipinski definition) is 2. The van der Waals surface area contributed by atoms with Crippen LogP contribution in [0.5, 0.6) is 5.75 Å². The largest absolute Gasteiger partial charge is 0.489 e.